The minimum absolute atomic E-state index is 0.0189. The second-order valence-electron chi connectivity index (χ2n) is 3.93. The van der Waals surface area contributed by atoms with Crippen molar-refractivity contribution in [3.05, 3.63) is 30.3 Å². The maximum Gasteiger partial charge on any atom is 0.361 e. The zero-order valence-electron chi connectivity index (χ0n) is 10.6. The fourth-order valence-corrected chi connectivity index (χ4v) is 3.39. The lowest BCUT2D eigenvalue weighted by molar-refractivity contribution is 0.216. The summed E-state index contributed by atoms with van der Waals surface area (Å²) in [5.74, 6) is 0.381. The van der Waals surface area contributed by atoms with Crippen molar-refractivity contribution in [2.24, 2.45) is 0 Å². The molecule has 114 valence electrons. The third-order valence-corrected chi connectivity index (χ3v) is 5.79. The third kappa shape index (κ3) is 6.11. The number of hydrogen-bond donors (Lipinski definition) is 0. The van der Waals surface area contributed by atoms with Crippen LogP contribution in [0.1, 0.15) is 0 Å². The van der Waals surface area contributed by atoms with Gasteiger partial charge in [0.1, 0.15) is 0 Å². The highest BCUT2D eigenvalue weighted by atomic mass is 35.5. The zero-order chi connectivity index (χ0) is 15.0. The fourth-order valence-electron chi connectivity index (χ4n) is 1.24. The fraction of sp³-hybridized carbons (Fsp3) is 0.500. The van der Waals surface area contributed by atoms with E-state index in [9.17, 15) is 4.57 Å². The lowest BCUT2D eigenvalue weighted by Gasteiger charge is -2.20. The van der Waals surface area contributed by atoms with E-state index in [1.165, 1.54) is 0 Å². The van der Waals surface area contributed by atoms with Crippen LogP contribution < -0.4 is 5.30 Å². The summed E-state index contributed by atoms with van der Waals surface area (Å²) in [5, 5.41) is -0.453. The molecule has 0 saturated heterocycles. The van der Waals surface area contributed by atoms with Gasteiger partial charge in [-0.2, -0.15) is 0 Å². The lowest BCUT2D eigenvalue weighted by atomic mass is 10.4. The molecular weight excluding hydrogens is 365 g/mol. The van der Waals surface area contributed by atoms with Gasteiger partial charge in [0.05, 0.1) is 29.3 Å². The Bertz CT molecular complexity index is 414. The molecule has 0 radical (unpaired) electrons. The molecule has 0 aliphatic rings. The topological polar surface area (TPSA) is 35.5 Å². The van der Waals surface area contributed by atoms with E-state index in [0.29, 0.717) is 5.30 Å². The van der Waals surface area contributed by atoms with Gasteiger partial charge in [-0.25, -0.2) is 0 Å². The molecule has 1 aromatic rings. The van der Waals surface area contributed by atoms with Gasteiger partial charge in [0.15, 0.2) is 0 Å². The third-order valence-electron chi connectivity index (χ3n) is 2.26. The average molecular weight is 380 g/mol. The van der Waals surface area contributed by atoms with Gasteiger partial charge in [-0.1, -0.05) is 18.2 Å². The predicted octanol–water partition coefficient (Wildman–Crippen LogP) is 4.23. The van der Waals surface area contributed by atoms with Crippen LogP contribution in [0.25, 0.3) is 0 Å². The summed E-state index contributed by atoms with van der Waals surface area (Å²) in [5.41, 5.74) is 0. The number of benzene rings is 1. The van der Waals surface area contributed by atoms with Gasteiger partial charge >= 0.3 is 7.60 Å². The first-order valence-electron chi connectivity index (χ1n) is 5.86. The number of alkyl halides is 4. The molecule has 0 N–H and O–H groups in total. The van der Waals surface area contributed by atoms with E-state index in [-0.39, 0.29) is 25.0 Å². The molecule has 2 atom stereocenters. The van der Waals surface area contributed by atoms with E-state index in [1.54, 1.807) is 30.3 Å². The standard InChI is InChI=1S/C12H15Cl4O3P/c13-6-10(15)8-18-20(17,19-9-11(16)7-14)12-4-2-1-3-5-12/h1-5,10-11H,6-9H2. The highest BCUT2D eigenvalue weighted by Gasteiger charge is 2.29. The predicted molar refractivity (Wildman–Crippen MR) is 86.3 cm³/mol. The molecule has 0 aliphatic heterocycles. The van der Waals surface area contributed by atoms with E-state index < -0.39 is 18.3 Å². The number of rotatable bonds is 9. The van der Waals surface area contributed by atoms with Crippen molar-refractivity contribution >= 4 is 59.3 Å². The van der Waals surface area contributed by atoms with Crippen molar-refractivity contribution in [3.63, 3.8) is 0 Å². The average Bonchev–Trinajstić information content (AvgIpc) is 2.51. The Morgan fingerprint density at radius 3 is 1.80 bits per heavy atom. The summed E-state index contributed by atoms with van der Waals surface area (Å²) in [4.78, 5) is 0. The first kappa shape index (κ1) is 18.6. The first-order valence-corrected chi connectivity index (χ1v) is 9.35. The van der Waals surface area contributed by atoms with E-state index in [2.05, 4.69) is 0 Å². The Labute approximate surface area is 139 Å². The van der Waals surface area contributed by atoms with Crippen LogP contribution in [-0.4, -0.2) is 35.7 Å². The smallest absolute Gasteiger partial charge is 0.304 e. The molecule has 0 amide bonds. The second-order valence-corrected chi connectivity index (χ2v) is 7.81. The van der Waals surface area contributed by atoms with Crippen molar-refractivity contribution in [2.75, 3.05) is 25.0 Å². The minimum atomic E-state index is -3.49. The summed E-state index contributed by atoms with van der Waals surface area (Å²) in [6, 6.07) is 8.62. The highest BCUT2D eigenvalue weighted by Crippen LogP contribution is 2.47. The van der Waals surface area contributed by atoms with Crippen LogP contribution in [0.5, 0.6) is 0 Å². The summed E-state index contributed by atoms with van der Waals surface area (Å²) in [7, 11) is -3.49. The molecule has 1 rings (SSSR count). The Kier molecular flexibility index (Phi) is 8.85. The van der Waals surface area contributed by atoms with Crippen LogP contribution in [0, 0.1) is 0 Å². The SMILES string of the molecule is O=P(OCC(Cl)CCl)(OCC(Cl)CCl)c1ccccc1. The van der Waals surface area contributed by atoms with Gasteiger partial charge in [0.2, 0.25) is 0 Å². The molecule has 0 bridgehead atoms. The monoisotopic (exact) mass is 378 g/mol. The van der Waals surface area contributed by atoms with E-state index >= 15 is 0 Å². The Morgan fingerprint density at radius 1 is 0.950 bits per heavy atom. The molecule has 0 saturated carbocycles. The van der Waals surface area contributed by atoms with Crippen molar-refractivity contribution in [2.45, 2.75) is 10.8 Å². The molecular formula is C12H15Cl4O3P. The van der Waals surface area contributed by atoms with Gasteiger partial charge in [-0.3, -0.25) is 4.57 Å². The van der Waals surface area contributed by atoms with E-state index in [0.717, 1.165) is 0 Å². The molecule has 3 nitrogen and oxygen atoms in total. The van der Waals surface area contributed by atoms with Gasteiger partial charge < -0.3 is 9.05 Å². The van der Waals surface area contributed by atoms with Crippen LogP contribution in [0.15, 0.2) is 30.3 Å². The molecule has 0 aliphatic carbocycles. The largest absolute Gasteiger partial charge is 0.361 e. The quantitative estimate of drug-likeness (QED) is 0.475. The summed E-state index contributed by atoms with van der Waals surface area (Å²) in [6.45, 7) is 0.0378. The van der Waals surface area contributed by atoms with Gasteiger partial charge in [0.25, 0.3) is 0 Å². The maximum atomic E-state index is 12.8. The Morgan fingerprint density at radius 2 is 1.40 bits per heavy atom. The van der Waals surface area contributed by atoms with Crippen LogP contribution in [-0.2, 0) is 13.6 Å². The maximum absolute atomic E-state index is 12.8. The summed E-state index contributed by atoms with van der Waals surface area (Å²) < 4.78 is 23.6. The van der Waals surface area contributed by atoms with Gasteiger partial charge in [-0.15, -0.1) is 46.4 Å². The van der Waals surface area contributed by atoms with Crippen molar-refractivity contribution in [1.29, 1.82) is 0 Å². The lowest BCUT2D eigenvalue weighted by Crippen LogP contribution is -2.19. The van der Waals surface area contributed by atoms with E-state index in [1.807, 2.05) is 0 Å². The van der Waals surface area contributed by atoms with E-state index in [4.69, 9.17) is 55.5 Å². The number of halogens is 4. The van der Waals surface area contributed by atoms with Crippen molar-refractivity contribution in [1.82, 2.24) is 0 Å². The molecule has 0 spiro atoms. The Hall–Kier alpha value is 0.530. The summed E-state index contributed by atoms with van der Waals surface area (Å²) in [6.07, 6.45) is 0. The molecule has 1 aromatic carbocycles. The molecule has 0 fully saturated rings. The van der Waals surface area contributed by atoms with Crippen LogP contribution in [0.2, 0.25) is 0 Å². The number of hydrogen-bond acceptors (Lipinski definition) is 3. The summed E-state index contributed by atoms with van der Waals surface area (Å²) >= 11 is 22.9. The van der Waals surface area contributed by atoms with Crippen molar-refractivity contribution in [3.8, 4) is 0 Å². The highest BCUT2D eigenvalue weighted by molar-refractivity contribution is 7.62. The van der Waals surface area contributed by atoms with Gasteiger partial charge in [0, 0.05) is 11.8 Å². The molecule has 0 heterocycles. The van der Waals surface area contributed by atoms with Crippen LogP contribution >= 0.6 is 54.0 Å². The molecule has 8 heteroatoms. The normalized spacial score (nSPS) is 17.4. The second kappa shape index (κ2) is 9.53. The van der Waals surface area contributed by atoms with Gasteiger partial charge in [-0.05, 0) is 12.1 Å². The molecule has 0 aromatic heterocycles. The first-order chi connectivity index (χ1) is 9.51. The molecule has 2 unspecified atom stereocenters. The molecule has 20 heavy (non-hydrogen) atoms. The Balaban J connectivity index is 2.80. The van der Waals surface area contributed by atoms with Crippen LogP contribution in [0.4, 0.5) is 0 Å². The minimum Gasteiger partial charge on any atom is -0.304 e. The zero-order valence-corrected chi connectivity index (χ0v) is 14.5. The van der Waals surface area contributed by atoms with Crippen molar-refractivity contribution < 1.29 is 13.6 Å². The van der Waals surface area contributed by atoms with Crippen LogP contribution in [0.3, 0.4) is 0 Å².